The second-order valence-corrected chi connectivity index (χ2v) is 5.08. The summed E-state index contributed by atoms with van der Waals surface area (Å²) < 4.78 is 0. The maximum atomic E-state index is 2.42. The Labute approximate surface area is 61.5 Å². The monoisotopic (exact) mass is 142 g/mol. The Balaban J connectivity index is 2.41. The van der Waals surface area contributed by atoms with Gasteiger partial charge in [-0.05, 0) is 17.4 Å². The molecule has 0 aromatic carbocycles. The van der Waals surface area contributed by atoms with Crippen LogP contribution in [0.2, 0.25) is 5.54 Å². The van der Waals surface area contributed by atoms with E-state index in [1.165, 1.54) is 29.5 Å². The van der Waals surface area contributed by atoms with Crippen LogP contribution in [0.4, 0.5) is 0 Å². The van der Waals surface area contributed by atoms with Crippen molar-refractivity contribution in [2.24, 2.45) is 11.8 Å². The smallest absolute Gasteiger partial charge is 0.00740 e. The van der Waals surface area contributed by atoms with E-state index >= 15 is 0 Å². The highest BCUT2D eigenvalue weighted by Crippen LogP contribution is 2.36. The summed E-state index contributed by atoms with van der Waals surface area (Å²) in [5.41, 5.74) is 1.11. The molecule has 3 atom stereocenters. The Morgan fingerprint density at radius 2 is 1.56 bits per heavy atom. The summed E-state index contributed by atoms with van der Waals surface area (Å²) in [5, 5.41) is 0. The van der Waals surface area contributed by atoms with Crippen molar-refractivity contribution in [3.05, 3.63) is 0 Å². The van der Waals surface area contributed by atoms with Crippen molar-refractivity contribution >= 4 is 10.2 Å². The van der Waals surface area contributed by atoms with Crippen LogP contribution in [0.15, 0.2) is 0 Å². The molecule has 0 saturated heterocycles. The Morgan fingerprint density at radius 1 is 1.11 bits per heavy atom. The van der Waals surface area contributed by atoms with Crippen LogP contribution >= 0.6 is 0 Å². The highest BCUT2D eigenvalue weighted by Gasteiger charge is 2.22. The van der Waals surface area contributed by atoms with Crippen LogP contribution in [-0.2, 0) is 0 Å². The molecule has 54 valence electrons. The van der Waals surface area contributed by atoms with Gasteiger partial charge in [-0.3, -0.25) is 0 Å². The van der Waals surface area contributed by atoms with Gasteiger partial charge in [-0.2, -0.15) is 0 Å². The molecular weight excluding hydrogens is 124 g/mol. The van der Waals surface area contributed by atoms with Gasteiger partial charge in [-0.1, -0.05) is 33.1 Å². The third-order valence-electron chi connectivity index (χ3n) is 3.11. The van der Waals surface area contributed by atoms with Crippen LogP contribution in [0.5, 0.6) is 0 Å². The number of hydrogen-bond donors (Lipinski definition) is 0. The summed E-state index contributed by atoms with van der Waals surface area (Å²) in [6.07, 6.45) is 4.48. The second-order valence-electron chi connectivity index (χ2n) is 3.74. The topological polar surface area (TPSA) is 0 Å². The molecule has 1 heteroatoms. The molecule has 0 aromatic heterocycles. The Bertz CT molecular complexity index is 80.6. The molecule has 1 unspecified atom stereocenters. The van der Waals surface area contributed by atoms with E-state index in [0.717, 1.165) is 17.4 Å². The molecule has 0 amide bonds. The first-order valence-corrected chi connectivity index (χ1v) is 5.37. The maximum Gasteiger partial charge on any atom is 0.00740 e. The minimum absolute atomic E-state index is 1.04. The van der Waals surface area contributed by atoms with Gasteiger partial charge in [-0.25, -0.2) is 0 Å². The number of rotatable bonds is 0. The fourth-order valence-corrected chi connectivity index (χ4v) is 2.52. The van der Waals surface area contributed by atoms with Crippen LogP contribution in [0, 0.1) is 11.8 Å². The van der Waals surface area contributed by atoms with E-state index in [1.807, 2.05) is 0 Å². The van der Waals surface area contributed by atoms with Gasteiger partial charge in [0.1, 0.15) is 0 Å². The van der Waals surface area contributed by atoms with Gasteiger partial charge in [0.05, 0.1) is 0 Å². The minimum atomic E-state index is 1.04. The summed E-state index contributed by atoms with van der Waals surface area (Å²) in [7, 11) is 1.42. The van der Waals surface area contributed by atoms with E-state index < -0.39 is 0 Å². The molecule has 0 nitrogen and oxygen atoms in total. The van der Waals surface area contributed by atoms with Crippen molar-refractivity contribution in [1.29, 1.82) is 0 Å². The van der Waals surface area contributed by atoms with E-state index in [0.29, 0.717) is 0 Å². The van der Waals surface area contributed by atoms with Crippen LogP contribution in [0.3, 0.4) is 0 Å². The van der Waals surface area contributed by atoms with Crippen molar-refractivity contribution in [1.82, 2.24) is 0 Å². The van der Waals surface area contributed by atoms with Crippen molar-refractivity contribution in [3.8, 4) is 0 Å². The zero-order valence-electron chi connectivity index (χ0n) is 6.85. The first-order valence-electron chi connectivity index (χ1n) is 4.22. The normalized spacial score (nSPS) is 45.3. The van der Waals surface area contributed by atoms with Gasteiger partial charge >= 0.3 is 0 Å². The van der Waals surface area contributed by atoms with Crippen LogP contribution in [0.1, 0.15) is 33.1 Å². The lowest BCUT2D eigenvalue weighted by molar-refractivity contribution is 0.302. The fraction of sp³-hybridized carbons (Fsp3) is 1.00. The SMILES string of the molecule is C[C@@H]1CCC[C@H](C)C1[SiH3]. The molecule has 0 bridgehead atoms. The quantitative estimate of drug-likeness (QED) is 0.451. The average Bonchev–Trinajstić information content (AvgIpc) is 1.83. The summed E-state index contributed by atoms with van der Waals surface area (Å²) in [4.78, 5) is 0. The highest BCUT2D eigenvalue weighted by atomic mass is 28.1. The predicted octanol–water partition coefficient (Wildman–Crippen LogP) is 1.60. The molecule has 0 aromatic rings. The van der Waals surface area contributed by atoms with E-state index in [1.54, 1.807) is 0 Å². The zero-order valence-corrected chi connectivity index (χ0v) is 8.85. The Hall–Kier alpha value is 0.217. The molecule has 1 aliphatic rings. The Morgan fingerprint density at radius 3 is 1.89 bits per heavy atom. The summed E-state index contributed by atoms with van der Waals surface area (Å²) in [6, 6.07) is 0. The fourth-order valence-electron chi connectivity index (χ4n) is 1.85. The Kier molecular flexibility index (Phi) is 2.33. The predicted molar refractivity (Wildman–Crippen MR) is 45.9 cm³/mol. The summed E-state index contributed by atoms with van der Waals surface area (Å²) in [5.74, 6) is 2.08. The molecule has 0 heterocycles. The van der Waals surface area contributed by atoms with Gasteiger partial charge in [0.25, 0.3) is 0 Å². The lowest BCUT2D eigenvalue weighted by atomic mass is 9.83. The first-order chi connectivity index (χ1) is 4.22. The first kappa shape index (κ1) is 7.33. The summed E-state index contributed by atoms with van der Waals surface area (Å²) in [6.45, 7) is 4.85. The average molecular weight is 142 g/mol. The van der Waals surface area contributed by atoms with Gasteiger partial charge in [0, 0.05) is 10.2 Å². The molecule has 1 rings (SSSR count). The third-order valence-corrected chi connectivity index (χ3v) is 5.39. The highest BCUT2D eigenvalue weighted by molar-refractivity contribution is 6.12. The molecular formula is C8H18Si. The molecule has 0 N–H and O–H groups in total. The number of hydrogen-bond acceptors (Lipinski definition) is 0. The van der Waals surface area contributed by atoms with Crippen molar-refractivity contribution < 1.29 is 0 Å². The molecule has 1 fully saturated rings. The lowest BCUT2D eigenvalue weighted by Gasteiger charge is -2.31. The zero-order chi connectivity index (χ0) is 6.85. The van der Waals surface area contributed by atoms with Crippen LogP contribution in [0.25, 0.3) is 0 Å². The minimum Gasteiger partial charge on any atom is -0.0625 e. The summed E-state index contributed by atoms with van der Waals surface area (Å²) >= 11 is 0. The van der Waals surface area contributed by atoms with Crippen molar-refractivity contribution in [3.63, 3.8) is 0 Å². The largest absolute Gasteiger partial charge is 0.0625 e. The third kappa shape index (κ3) is 1.57. The van der Waals surface area contributed by atoms with Gasteiger partial charge in [0.15, 0.2) is 0 Å². The van der Waals surface area contributed by atoms with E-state index in [-0.39, 0.29) is 0 Å². The van der Waals surface area contributed by atoms with E-state index in [9.17, 15) is 0 Å². The van der Waals surface area contributed by atoms with Gasteiger partial charge in [-0.15, -0.1) is 0 Å². The van der Waals surface area contributed by atoms with Crippen molar-refractivity contribution in [2.75, 3.05) is 0 Å². The van der Waals surface area contributed by atoms with E-state index in [4.69, 9.17) is 0 Å². The molecule has 1 aliphatic carbocycles. The van der Waals surface area contributed by atoms with Crippen LogP contribution in [-0.4, -0.2) is 10.2 Å². The molecule has 0 radical (unpaired) electrons. The lowest BCUT2D eigenvalue weighted by Crippen LogP contribution is -2.19. The van der Waals surface area contributed by atoms with Gasteiger partial charge < -0.3 is 0 Å². The molecule has 9 heavy (non-hydrogen) atoms. The molecule has 0 spiro atoms. The molecule has 1 saturated carbocycles. The van der Waals surface area contributed by atoms with Crippen LogP contribution < -0.4 is 0 Å². The van der Waals surface area contributed by atoms with Crippen molar-refractivity contribution in [2.45, 2.75) is 38.7 Å². The molecule has 0 aliphatic heterocycles. The standard InChI is InChI=1S/C8H18Si/c1-6-4-3-5-7(2)8(6)9/h6-8H,3-5H2,1-2,9H3/t6-,7+,8?. The van der Waals surface area contributed by atoms with Gasteiger partial charge in [0.2, 0.25) is 0 Å². The van der Waals surface area contributed by atoms with E-state index in [2.05, 4.69) is 13.8 Å². The maximum absolute atomic E-state index is 2.42. The second kappa shape index (κ2) is 2.87.